The fourth-order valence-electron chi connectivity index (χ4n) is 0.400. The van der Waals surface area contributed by atoms with E-state index in [4.69, 9.17) is 15.0 Å². The lowest BCUT2D eigenvalue weighted by Crippen LogP contribution is -1.42. The molecule has 0 aliphatic heterocycles. The van der Waals surface area contributed by atoms with Crippen molar-refractivity contribution in [2.24, 2.45) is 0 Å². The molecule has 0 spiro atoms. The van der Waals surface area contributed by atoms with Crippen molar-refractivity contribution in [2.45, 2.75) is 0 Å². The molecular weight excluding hydrogens is 116 g/mol. The molecule has 0 atom stereocenters. The Kier molecular flexibility index (Phi) is 1.08. The van der Waals surface area contributed by atoms with Gasteiger partial charge in [-0.2, -0.15) is 0 Å². The highest BCUT2D eigenvalue weighted by atomic mass is 32.1. The van der Waals surface area contributed by atoms with Crippen LogP contribution in [-0.2, 0) is 0 Å². The van der Waals surface area contributed by atoms with Crippen LogP contribution in [0.15, 0.2) is 36.4 Å². The molecule has 0 aliphatic rings. The lowest BCUT2D eigenvalue weighted by atomic mass is 10.5. The molecule has 0 amide bonds. The van der Waals surface area contributed by atoms with Gasteiger partial charge in [0.25, 0.3) is 0 Å². The summed E-state index contributed by atoms with van der Waals surface area (Å²) in [6, 6.07) is 7.06. The van der Waals surface area contributed by atoms with Gasteiger partial charge in [0.1, 0.15) is 0 Å². The smallest absolute Gasteiger partial charge is 0.0638 e. The standard InChI is InChI=1S/C7H6S/c8-7-5-3-1-2-4-6-7/h1-6H/i5D,6D. The summed E-state index contributed by atoms with van der Waals surface area (Å²) in [6.07, 6.45) is 0. The molecular formula is C7H6S. The Hall–Kier alpha value is -0.690. The van der Waals surface area contributed by atoms with Gasteiger partial charge in [-0.15, -0.1) is 0 Å². The highest BCUT2D eigenvalue weighted by Crippen LogP contribution is 1.86. The normalized spacial score (nSPS) is 12.0. The van der Waals surface area contributed by atoms with Gasteiger partial charge >= 0.3 is 0 Å². The van der Waals surface area contributed by atoms with E-state index in [0.717, 1.165) is 0 Å². The molecule has 0 aliphatic carbocycles. The van der Waals surface area contributed by atoms with Gasteiger partial charge in [0.15, 0.2) is 0 Å². The predicted molar refractivity (Wildman–Crippen MR) is 37.3 cm³/mol. The van der Waals surface area contributed by atoms with Crippen molar-refractivity contribution in [3.63, 3.8) is 0 Å². The lowest BCUT2D eigenvalue weighted by Gasteiger charge is -1.60. The third-order valence-corrected chi connectivity index (χ3v) is 0.968. The van der Waals surface area contributed by atoms with E-state index in [-0.39, 0.29) is 12.1 Å². The van der Waals surface area contributed by atoms with E-state index in [9.17, 15) is 0 Å². The number of hydrogen-bond acceptors (Lipinski definition) is 1. The first-order valence-corrected chi connectivity index (χ1v) is 2.69. The van der Waals surface area contributed by atoms with Crippen LogP contribution in [0.5, 0.6) is 0 Å². The SMILES string of the molecule is [2H]c1ccccc([2H])c1=S. The third kappa shape index (κ3) is 1.43. The average Bonchev–Trinajstić information content (AvgIpc) is 2.04. The summed E-state index contributed by atoms with van der Waals surface area (Å²) >= 11 is 4.79. The van der Waals surface area contributed by atoms with E-state index in [1.165, 1.54) is 0 Å². The second-order valence-electron chi connectivity index (χ2n) is 1.34. The first kappa shape index (κ1) is 3.36. The molecule has 1 aromatic carbocycles. The summed E-state index contributed by atoms with van der Waals surface area (Å²) < 4.78 is 14.8. The van der Waals surface area contributed by atoms with E-state index >= 15 is 0 Å². The lowest BCUT2D eigenvalue weighted by molar-refractivity contribution is 1.82. The van der Waals surface area contributed by atoms with E-state index in [1.54, 1.807) is 24.3 Å². The quantitative estimate of drug-likeness (QED) is 0.479. The summed E-state index contributed by atoms with van der Waals surface area (Å²) in [5, 5.41) is 0. The summed E-state index contributed by atoms with van der Waals surface area (Å²) in [6.45, 7) is 0. The highest BCUT2D eigenvalue weighted by molar-refractivity contribution is 7.71. The molecule has 0 saturated heterocycles. The topological polar surface area (TPSA) is 0 Å². The molecule has 40 valence electrons. The Bertz CT molecular complexity index is 268. The van der Waals surface area contributed by atoms with Gasteiger partial charge in [0, 0.05) is 4.51 Å². The Morgan fingerprint density at radius 1 is 1.12 bits per heavy atom. The molecule has 1 rings (SSSR count). The van der Waals surface area contributed by atoms with Crippen molar-refractivity contribution < 1.29 is 2.74 Å². The molecule has 0 N–H and O–H groups in total. The fourth-order valence-corrected chi connectivity index (χ4v) is 0.536. The molecule has 0 radical (unpaired) electrons. The van der Waals surface area contributed by atoms with Crippen molar-refractivity contribution in [1.29, 1.82) is 0 Å². The molecule has 0 unspecified atom stereocenters. The van der Waals surface area contributed by atoms with Crippen molar-refractivity contribution in [3.8, 4) is 0 Å². The summed E-state index contributed by atoms with van der Waals surface area (Å²) in [7, 11) is 0. The minimum Gasteiger partial charge on any atom is -0.0801 e. The van der Waals surface area contributed by atoms with Crippen molar-refractivity contribution in [2.75, 3.05) is 0 Å². The number of hydrogen-bond donors (Lipinski definition) is 0. The maximum atomic E-state index is 7.26. The molecule has 0 bridgehead atoms. The molecule has 0 heterocycles. The summed E-state index contributed by atoms with van der Waals surface area (Å²) in [5.74, 6) is 0. The molecule has 1 heteroatoms. The van der Waals surface area contributed by atoms with E-state index in [0.29, 0.717) is 4.51 Å². The van der Waals surface area contributed by atoms with Crippen LogP contribution in [0.3, 0.4) is 0 Å². The van der Waals surface area contributed by atoms with Gasteiger partial charge in [-0.25, -0.2) is 0 Å². The summed E-state index contributed by atoms with van der Waals surface area (Å²) in [5.41, 5.74) is 0. The fraction of sp³-hybridized carbons (Fsp3) is 0. The maximum absolute atomic E-state index is 7.26. The van der Waals surface area contributed by atoms with Crippen LogP contribution in [-0.4, -0.2) is 0 Å². The first-order chi connectivity index (χ1) is 4.72. The maximum Gasteiger partial charge on any atom is 0.0638 e. The minimum absolute atomic E-state index is 0.241. The van der Waals surface area contributed by atoms with Gasteiger partial charge in [0.2, 0.25) is 0 Å². The Balaban J connectivity index is 3.53. The zero-order valence-corrected chi connectivity index (χ0v) is 5.03. The summed E-state index contributed by atoms with van der Waals surface area (Å²) in [4.78, 5) is 0. The minimum atomic E-state index is 0.241. The van der Waals surface area contributed by atoms with Crippen molar-refractivity contribution in [3.05, 3.63) is 40.9 Å². The first-order valence-electron chi connectivity index (χ1n) is 3.28. The van der Waals surface area contributed by atoms with Crippen LogP contribution >= 0.6 is 12.2 Å². The van der Waals surface area contributed by atoms with E-state index in [2.05, 4.69) is 0 Å². The van der Waals surface area contributed by atoms with Crippen molar-refractivity contribution in [1.82, 2.24) is 0 Å². The monoisotopic (exact) mass is 124 g/mol. The van der Waals surface area contributed by atoms with Crippen molar-refractivity contribution >= 4 is 12.2 Å². The Morgan fingerprint density at radius 3 is 2.12 bits per heavy atom. The van der Waals surface area contributed by atoms with Crippen LogP contribution in [0, 0.1) is 4.51 Å². The van der Waals surface area contributed by atoms with E-state index < -0.39 is 0 Å². The van der Waals surface area contributed by atoms with Crippen LogP contribution in [0.4, 0.5) is 0 Å². The third-order valence-electron chi connectivity index (χ3n) is 0.732. The van der Waals surface area contributed by atoms with Gasteiger partial charge in [-0.1, -0.05) is 36.5 Å². The van der Waals surface area contributed by atoms with Gasteiger partial charge in [0.05, 0.1) is 2.74 Å². The zero-order chi connectivity index (χ0) is 7.56. The molecule has 0 nitrogen and oxygen atoms in total. The van der Waals surface area contributed by atoms with Crippen LogP contribution in [0.25, 0.3) is 0 Å². The zero-order valence-electron chi connectivity index (χ0n) is 6.22. The second kappa shape index (κ2) is 2.58. The molecule has 0 saturated carbocycles. The van der Waals surface area contributed by atoms with Gasteiger partial charge in [-0.3, -0.25) is 0 Å². The largest absolute Gasteiger partial charge is 0.0801 e. The Labute approximate surface area is 56.6 Å². The Morgan fingerprint density at radius 2 is 1.62 bits per heavy atom. The predicted octanol–water partition coefficient (Wildman–Crippen LogP) is 2.42. The molecule has 0 fully saturated rings. The molecule has 8 heavy (non-hydrogen) atoms. The average molecular weight is 124 g/mol. The van der Waals surface area contributed by atoms with Crippen LogP contribution in [0.2, 0.25) is 0 Å². The second-order valence-corrected chi connectivity index (χ2v) is 1.74. The van der Waals surface area contributed by atoms with Gasteiger partial charge in [-0.05, 0) is 12.1 Å². The van der Waals surface area contributed by atoms with E-state index in [1.807, 2.05) is 0 Å². The van der Waals surface area contributed by atoms with Gasteiger partial charge < -0.3 is 0 Å². The molecule has 0 aromatic heterocycles. The van der Waals surface area contributed by atoms with Crippen LogP contribution in [0.1, 0.15) is 2.74 Å². The number of rotatable bonds is 0. The molecule has 1 aromatic rings. The van der Waals surface area contributed by atoms with Crippen LogP contribution < -0.4 is 0 Å². The highest BCUT2D eigenvalue weighted by Gasteiger charge is 1.66.